The first kappa shape index (κ1) is 10.2. The highest BCUT2D eigenvalue weighted by Gasteiger charge is 2.46. The molecule has 1 aliphatic carbocycles. The molecular weight excluding hydrogens is 203 g/mol. The highest BCUT2D eigenvalue weighted by molar-refractivity contribution is 5.42. The topological polar surface area (TPSA) is 12.9 Å². The number of nitrogens with zero attached hydrogens (tertiary/aromatic N) is 1. The maximum atomic E-state index is 13.4. The average molecular weight is 213 g/mol. The van der Waals surface area contributed by atoms with Crippen LogP contribution in [0.3, 0.4) is 0 Å². The third-order valence-electron chi connectivity index (χ3n) is 2.64. The van der Waals surface area contributed by atoms with E-state index in [1.807, 2.05) is 0 Å². The zero-order valence-corrected chi connectivity index (χ0v) is 8.01. The van der Waals surface area contributed by atoms with Gasteiger partial charge in [0.2, 0.25) is 11.9 Å². The summed E-state index contributed by atoms with van der Waals surface area (Å²) in [7, 11) is 0. The molecular formula is C11H10F3N. The summed E-state index contributed by atoms with van der Waals surface area (Å²) in [5.74, 6) is -3.69. The Bertz CT molecular complexity index is 393. The van der Waals surface area contributed by atoms with Crippen LogP contribution in [0, 0.1) is 5.95 Å². The van der Waals surface area contributed by atoms with Crippen LogP contribution in [0.4, 0.5) is 13.2 Å². The smallest absolute Gasteiger partial charge is 0.220 e. The summed E-state index contributed by atoms with van der Waals surface area (Å²) >= 11 is 0. The summed E-state index contributed by atoms with van der Waals surface area (Å²) in [6, 6.07) is 3.10. The lowest BCUT2D eigenvalue weighted by Crippen LogP contribution is -2.34. The van der Waals surface area contributed by atoms with Crippen LogP contribution >= 0.6 is 0 Å². The molecule has 0 unspecified atom stereocenters. The van der Waals surface area contributed by atoms with Crippen molar-refractivity contribution < 1.29 is 13.2 Å². The van der Waals surface area contributed by atoms with E-state index < -0.39 is 17.8 Å². The predicted molar refractivity (Wildman–Crippen MR) is 51.2 cm³/mol. The molecule has 2 rings (SSSR count). The normalized spacial score (nSPS) is 19.7. The number of halogens is 3. The van der Waals surface area contributed by atoms with Gasteiger partial charge in [0.15, 0.2) is 0 Å². The van der Waals surface area contributed by atoms with Crippen molar-refractivity contribution in [2.75, 3.05) is 0 Å². The lowest BCUT2D eigenvalue weighted by atomic mass is 9.77. The van der Waals surface area contributed by atoms with Crippen molar-refractivity contribution in [3.63, 3.8) is 0 Å². The molecule has 1 aromatic rings. The molecule has 0 aromatic carbocycles. The Balaban J connectivity index is 2.20. The van der Waals surface area contributed by atoms with Crippen LogP contribution in [-0.4, -0.2) is 10.9 Å². The monoisotopic (exact) mass is 213 g/mol. The van der Waals surface area contributed by atoms with Gasteiger partial charge in [-0.15, -0.1) is 0 Å². The van der Waals surface area contributed by atoms with Gasteiger partial charge in [-0.1, -0.05) is 12.6 Å². The van der Waals surface area contributed by atoms with Crippen molar-refractivity contribution in [3.8, 4) is 0 Å². The van der Waals surface area contributed by atoms with Crippen LogP contribution in [0.25, 0.3) is 6.08 Å². The highest BCUT2D eigenvalue weighted by atomic mass is 19.3. The van der Waals surface area contributed by atoms with E-state index in [9.17, 15) is 13.2 Å². The van der Waals surface area contributed by atoms with Crippen molar-refractivity contribution in [2.24, 2.45) is 0 Å². The molecule has 80 valence electrons. The maximum absolute atomic E-state index is 13.4. The van der Waals surface area contributed by atoms with Crippen LogP contribution in [-0.2, 0) is 0 Å². The highest BCUT2D eigenvalue weighted by Crippen LogP contribution is 2.48. The Hall–Kier alpha value is -1.32. The molecule has 1 aliphatic rings. The molecule has 1 saturated carbocycles. The van der Waals surface area contributed by atoms with E-state index in [1.165, 1.54) is 12.1 Å². The van der Waals surface area contributed by atoms with E-state index in [-0.39, 0.29) is 18.4 Å². The van der Waals surface area contributed by atoms with E-state index in [1.54, 1.807) is 6.07 Å². The number of aromatic nitrogens is 1. The Morgan fingerprint density at radius 2 is 2.07 bits per heavy atom. The van der Waals surface area contributed by atoms with Gasteiger partial charge in [-0.05, 0) is 18.1 Å². The van der Waals surface area contributed by atoms with Crippen LogP contribution in [0.1, 0.15) is 30.0 Å². The Labute approximate surface area is 85.6 Å². The molecule has 1 heterocycles. The van der Waals surface area contributed by atoms with E-state index in [2.05, 4.69) is 11.6 Å². The van der Waals surface area contributed by atoms with Crippen molar-refractivity contribution in [2.45, 2.75) is 24.7 Å². The minimum absolute atomic E-state index is 0.279. The second kappa shape index (κ2) is 3.36. The number of hydrogen-bond donors (Lipinski definition) is 0. The Morgan fingerprint density at radius 3 is 2.53 bits per heavy atom. The SMILES string of the molecule is C=Cc1ccc(C2CC(F)(F)C2)c(F)n1. The van der Waals surface area contributed by atoms with Gasteiger partial charge in [-0.25, -0.2) is 13.8 Å². The standard InChI is InChI=1S/C11H10F3N/c1-2-8-3-4-9(10(12)15-8)7-5-11(13,14)6-7/h2-4,7H,1,5-6H2. The molecule has 0 amide bonds. The average Bonchev–Trinajstić information content (AvgIpc) is 2.14. The number of hydrogen-bond acceptors (Lipinski definition) is 1. The van der Waals surface area contributed by atoms with Gasteiger partial charge in [0, 0.05) is 18.4 Å². The molecule has 1 aromatic heterocycles. The van der Waals surface area contributed by atoms with Gasteiger partial charge in [-0.3, -0.25) is 0 Å². The van der Waals surface area contributed by atoms with Crippen molar-refractivity contribution in [1.82, 2.24) is 4.98 Å². The molecule has 1 fully saturated rings. The van der Waals surface area contributed by atoms with E-state index in [0.717, 1.165) is 0 Å². The lowest BCUT2D eigenvalue weighted by Gasteiger charge is -2.35. The summed E-state index contributed by atoms with van der Waals surface area (Å²) in [5.41, 5.74) is 0.703. The number of alkyl halides is 2. The minimum Gasteiger partial charge on any atom is -0.220 e. The summed E-state index contributed by atoms with van der Waals surface area (Å²) in [6.45, 7) is 3.45. The summed E-state index contributed by atoms with van der Waals surface area (Å²) in [4.78, 5) is 3.61. The molecule has 0 aliphatic heterocycles. The molecule has 15 heavy (non-hydrogen) atoms. The quantitative estimate of drug-likeness (QED) is 0.686. The van der Waals surface area contributed by atoms with Gasteiger partial charge in [0.1, 0.15) is 0 Å². The Morgan fingerprint density at radius 1 is 1.40 bits per heavy atom. The van der Waals surface area contributed by atoms with Gasteiger partial charge < -0.3 is 0 Å². The molecule has 4 heteroatoms. The van der Waals surface area contributed by atoms with Gasteiger partial charge in [0.25, 0.3) is 0 Å². The van der Waals surface area contributed by atoms with Crippen LogP contribution < -0.4 is 0 Å². The zero-order chi connectivity index (χ0) is 11.1. The fourth-order valence-corrected chi connectivity index (χ4v) is 1.76. The van der Waals surface area contributed by atoms with Crippen molar-refractivity contribution in [1.29, 1.82) is 0 Å². The maximum Gasteiger partial charge on any atom is 0.249 e. The second-order valence-electron chi connectivity index (χ2n) is 3.78. The fourth-order valence-electron chi connectivity index (χ4n) is 1.76. The molecule has 0 atom stereocenters. The largest absolute Gasteiger partial charge is 0.249 e. The molecule has 0 bridgehead atoms. The summed E-state index contributed by atoms with van der Waals surface area (Å²) < 4.78 is 38.5. The summed E-state index contributed by atoms with van der Waals surface area (Å²) in [6.07, 6.45) is 0.861. The van der Waals surface area contributed by atoms with Gasteiger partial charge in [0.05, 0.1) is 5.69 Å². The number of pyridine rings is 1. The van der Waals surface area contributed by atoms with Crippen LogP contribution in [0.2, 0.25) is 0 Å². The molecule has 0 spiro atoms. The Kier molecular flexibility index (Phi) is 2.29. The van der Waals surface area contributed by atoms with E-state index in [0.29, 0.717) is 5.69 Å². The predicted octanol–water partition coefficient (Wildman–Crippen LogP) is 3.38. The first-order chi connectivity index (χ1) is 7.02. The van der Waals surface area contributed by atoms with Crippen LogP contribution in [0.15, 0.2) is 18.7 Å². The lowest BCUT2D eigenvalue weighted by molar-refractivity contribution is -0.0874. The molecule has 0 radical (unpaired) electrons. The first-order valence-corrected chi connectivity index (χ1v) is 4.68. The first-order valence-electron chi connectivity index (χ1n) is 4.68. The van der Waals surface area contributed by atoms with Crippen LogP contribution in [0.5, 0.6) is 0 Å². The molecule has 0 saturated heterocycles. The molecule has 0 N–H and O–H groups in total. The van der Waals surface area contributed by atoms with Gasteiger partial charge >= 0.3 is 0 Å². The zero-order valence-electron chi connectivity index (χ0n) is 8.01. The van der Waals surface area contributed by atoms with Crippen molar-refractivity contribution in [3.05, 3.63) is 35.9 Å². The fraction of sp³-hybridized carbons (Fsp3) is 0.364. The third-order valence-corrected chi connectivity index (χ3v) is 2.64. The number of rotatable bonds is 2. The third kappa shape index (κ3) is 1.89. The second-order valence-corrected chi connectivity index (χ2v) is 3.78. The molecule has 1 nitrogen and oxygen atoms in total. The minimum atomic E-state index is -2.63. The van der Waals surface area contributed by atoms with Gasteiger partial charge in [-0.2, -0.15) is 4.39 Å². The van der Waals surface area contributed by atoms with Crippen molar-refractivity contribution >= 4 is 6.08 Å². The summed E-state index contributed by atoms with van der Waals surface area (Å²) in [5, 5.41) is 0. The van der Waals surface area contributed by atoms with E-state index in [4.69, 9.17) is 0 Å². The van der Waals surface area contributed by atoms with E-state index >= 15 is 0 Å².